The molecule has 3 rings (SSSR count). The Morgan fingerprint density at radius 3 is 2.53 bits per heavy atom. The van der Waals surface area contributed by atoms with E-state index in [1.165, 1.54) is 42.1 Å². The van der Waals surface area contributed by atoms with Crippen molar-refractivity contribution >= 4 is 35.0 Å². The van der Waals surface area contributed by atoms with Gasteiger partial charge in [-0.1, -0.05) is 37.2 Å². The SMILES string of the molecule is CC(C)Cn1c(SCC(=O)Nc2ccc(F)c(Cl)c2)nnc1C(C)Oc1ccc(F)cc1. The molecule has 0 fully saturated rings. The number of carbonyl (C=O) groups excluding carboxylic acids is 1. The van der Waals surface area contributed by atoms with Crippen molar-refractivity contribution in [2.24, 2.45) is 5.92 Å². The van der Waals surface area contributed by atoms with Crippen LogP contribution in [0.25, 0.3) is 0 Å². The lowest BCUT2D eigenvalue weighted by Crippen LogP contribution is -2.17. The second-order valence-corrected chi connectivity index (χ2v) is 8.87. The van der Waals surface area contributed by atoms with Gasteiger partial charge in [0.15, 0.2) is 17.1 Å². The van der Waals surface area contributed by atoms with E-state index >= 15 is 0 Å². The summed E-state index contributed by atoms with van der Waals surface area (Å²) in [6.45, 7) is 6.60. The van der Waals surface area contributed by atoms with E-state index in [4.69, 9.17) is 16.3 Å². The van der Waals surface area contributed by atoms with Crippen molar-refractivity contribution in [1.82, 2.24) is 14.8 Å². The molecule has 0 aliphatic rings. The second kappa shape index (κ2) is 10.8. The molecule has 2 aromatic carbocycles. The first-order valence-electron chi connectivity index (χ1n) is 9.96. The molecule has 1 atom stereocenters. The Morgan fingerprint density at radius 2 is 1.88 bits per heavy atom. The van der Waals surface area contributed by atoms with E-state index in [-0.39, 0.29) is 22.5 Å². The standard InChI is InChI=1S/C22H23ClF2N4O2S/c1-13(2)11-29-21(14(3)31-17-7-4-15(24)5-8-17)27-28-22(29)32-12-20(30)26-16-6-9-19(25)18(23)10-16/h4-10,13-14H,11-12H2,1-3H3,(H,26,30). The molecule has 0 radical (unpaired) electrons. The van der Waals surface area contributed by atoms with Gasteiger partial charge in [-0.15, -0.1) is 10.2 Å². The van der Waals surface area contributed by atoms with Crippen molar-refractivity contribution in [2.75, 3.05) is 11.1 Å². The highest BCUT2D eigenvalue weighted by Gasteiger charge is 2.21. The molecule has 0 saturated heterocycles. The fraction of sp³-hybridized carbons (Fsp3) is 0.318. The van der Waals surface area contributed by atoms with Gasteiger partial charge in [0.2, 0.25) is 5.91 Å². The van der Waals surface area contributed by atoms with Gasteiger partial charge in [-0.2, -0.15) is 0 Å². The number of ether oxygens (including phenoxy) is 1. The summed E-state index contributed by atoms with van der Waals surface area (Å²) in [6, 6.07) is 9.75. The van der Waals surface area contributed by atoms with Crippen molar-refractivity contribution in [3.8, 4) is 5.75 Å². The maximum Gasteiger partial charge on any atom is 0.234 e. The van der Waals surface area contributed by atoms with Crippen molar-refractivity contribution in [3.05, 3.63) is 64.9 Å². The van der Waals surface area contributed by atoms with Crippen LogP contribution in [0.5, 0.6) is 5.75 Å². The van der Waals surface area contributed by atoms with Crippen molar-refractivity contribution in [3.63, 3.8) is 0 Å². The van der Waals surface area contributed by atoms with Crippen LogP contribution in [0.4, 0.5) is 14.5 Å². The largest absolute Gasteiger partial charge is 0.483 e. The van der Waals surface area contributed by atoms with E-state index in [0.29, 0.717) is 34.9 Å². The summed E-state index contributed by atoms with van der Waals surface area (Å²) in [4.78, 5) is 12.3. The van der Waals surface area contributed by atoms with Crippen LogP contribution in [0, 0.1) is 17.6 Å². The third-order valence-electron chi connectivity index (χ3n) is 4.32. The summed E-state index contributed by atoms with van der Waals surface area (Å²) in [5.41, 5.74) is 0.410. The predicted molar refractivity (Wildman–Crippen MR) is 121 cm³/mol. The molecule has 1 aromatic heterocycles. The van der Waals surface area contributed by atoms with Crippen LogP contribution >= 0.6 is 23.4 Å². The van der Waals surface area contributed by atoms with E-state index in [0.717, 1.165) is 0 Å². The Hall–Kier alpha value is -2.65. The minimum Gasteiger partial charge on any atom is -0.483 e. The van der Waals surface area contributed by atoms with Gasteiger partial charge in [-0.05, 0) is 55.3 Å². The maximum absolute atomic E-state index is 13.3. The molecule has 1 heterocycles. The number of halogens is 3. The highest BCUT2D eigenvalue weighted by atomic mass is 35.5. The van der Waals surface area contributed by atoms with Crippen LogP contribution in [0.2, 0.25) is 5.02 Å². The monoisotopic (exact) mass is 480 g/mol. The van der Waals surface area contributed by atoms with E-state index in [1.807, 2.05) is 11.5 Å². The van der Waals surface area contributed by atoms with Gasteiger partial charge in [-0.25, -0.2) is 8.78 Å². The summed E-state index contributed by atoms with van der Waals surface area (Å²) in [6.07, 6.45) is -0.434. The minimum absolute atomic E-state index is 0.0630. The van der Waals surface area contributed by atoms with Crippen LogP contribution in [0.3, 0.4) is 0 Å². The molecular formula is C22H23ClF2N4O2S. The van der Waals surface area contributed by atoms with E-state index < -0.39 is 11.9 Å². The number of benzene rings is 2. The molecule has 0 aliphatic carbocycles. The number of thioether (sulfide) groups is 1. The molecule has 1 amide bonds. The molecule has 3 aromatic rings. The second-order valence-electron chi connectivity index (χ2n) is 7.52. The zero-order chi connectivity index (χ0) is 23.3. The van der Waals surface area contributed by atoms with Crippen molar-refractivity contribution in [2.45, 2.75) is 38.6 Å². The average molecular weight is 481 g/mol. The Labute approximate surface area is 194 Å². The number of anilines is 1. The zero-order valence-electron chi connectivity index (χ0n) is 17.8. The van der Waals surface area contributed by atoms with Gasteiger partial charge in [-0.3, -0.25) is 4.79 Å². The van der Waals surface area contributed by atoms with Crippen LogP contribution in [0.15, 0.2) is 47.6 Å². The lowest BCUT2D eigenvalue weighted by Gasteiger charge is -2.17. The number of rotatable bonds is 9. The predicted octanol–water partition coefficient (Wildman–Crippen LogP) is 5.74. The molecule has 0 spiro atoms. The number of hydrogen-bond acceptors (Lipinski definition) is 5. The Kier molecular flexibility index (Phi) is 8.09. The summed E-state index contributed by atoms with van der Waals surface area (Å²) < 4.78 is 34.2. The number of aromatic nitrogens is 3. The molecule has 32 heavy (non-hydrogen) atoms. The quantitative estimate of drug-likeness (QED) is 0.396. The molecule has 1 unspecified atom stereocenters. The van der Waals surface area contributed by atoms with E-state index in [9.17, 15) is 13.6 Å². The third kappa shape index (κ3) is 6.43. The molecule has 6 nitrogen and oxygen atoms in total. The highest BCUT2D eigenvalue weighted by Crippen LogP contribution is 2.26. The summed E-state index contributed by atoms with van der Waals surface area (Å²) in [7, 11) is 0. The fourth-order valence-electron chi connectivity index (χ4n) is 2.92. The lowest BCUT2D eigenvalue weighted by atomic mass is 10.2. The first kappa shape index (κ1) is 24.0. The first-order valence-corrected chi connectivity index (χ1v) is 11.3. The van der Waals surface area contributed by atoms with Gasteiger partial charge in [0.25, 0.3) is 0 Å². The first-order chi connectivity index (χ1) is 15.2. The molecular weight excluding hydrogens is 458 g/mol. The number of nitrogens with zero attached hydrogens (tertiary/aromatic N) is 3. The molecule has 1 N–H and O–H groups in total. The maximum atomic E-state index is 13.3. The van der Waals surface area contributed by atoms with Gasteiger partial charge in [0.1, 0.15) is 17.4 Å². The van der Waals surface area contributed by atoms with E-state index in [1.54, 1.807) is 12.1 Å². The lowest BCUT2D eigenvalue weighted by molar-refractivity contribution is -0.113. The number of amides is 1. The average Bonchev–Trinajstić information content (AvgIpc) is 3.13. The van der Waals surface area contributed by atoms with Gasteiger partial charge < -0.3 is 14.6 Å². The minimum atomic E-state index is -0.551. The normalized spacial score (nSPS) is 12.1. The van der Waals surface area contributed by atoms with Crippen LogP contribution in [-0.2, 0) is 11.3 Å². The fourth-order valence-corrected chi connectivity index (χ4v) is 3.85. The Balaban J connectivity index is 1.69. The topological polar surface area (TPSA) is 69.0 Å². The zero-order valence-corrected chi connectivity index (χ0v) is 19.4. The number of nitrogens with one attached hydrogen (secondary N) is 1. The van der Waals surface area contributed by atoms with Crippen LogP contribution in [-0.4, -0.2) is 26.4 Å². The van der Waals surface area contributed by atoms with Crippen LogP contribution in [0.1, 0.15) is 32.7 Å². The van der Waals surface area contributed by atoms with E-state index in [2.05, 4.69) is 29.4 Å². The number of carbonyl (C=O) groups is 1. The third-order valence-corrected chi connectivity index (χ3v) is 5.58. The molecule has 0 bridgehead atoms. The van der Waals surface area contributed by atoms with Crippen LogP contribution < -0.4 is 10.1 Å². The van der Waals surface area contributed by atoms with Crippen molar-refractivity contribution in [1.29, 1.82) is 0 Å². The molecule has 0 aliphatic heterocycles. The Morgan fingerprint density at radius 1 is 1.16 bits per heavy atom. The highest BCUT2D eigenvalue weighted by molar-refractivity contribution is 7.99. The van der Waals surface area contributed by atoms with Gasteiger partial charge >= 0.3 is 0 Å². The van der Waals surface area contributed by atoms with Gasteiger partial charge in [0, 0.05) is 12.2 Å². The molecule has 10 heteroatoms. The Bertz CT molecular complexity index is 1080. The summed E-state index contributed by atoms with van der Waals surface area (Å²) >= 11 is 6.99. The summed E-state index contributed by atoms with van der Waals surface area (Å²) in [5.74, 6) is 0.337. The van der Waals surface area contributed by atoms with Gasteiger partial charge in [0.05, 0.1) is 10.8 Å². The summed E-state index contributed by atoms with van der Waals surface area (Å²) in [5, 5.41) is 11.7. The number of hydrogen-bond donors (Lipinski definition) is 1. The van der Waals surface area contributed by atoms with Crippen molar-refractivity contribution < 1.29 is 18.3 Å². The molecule has 0 saturated carbocycles. The molecule has 170 valence electrons. The smallest absolute Gasteiger partial charge is 0.234 e.